The molecule has 2 rings (SSSR count). The van der Waals surface area contributed by atoms with Crippen LogP contribution in [0.25, 0.3) is 0 Å². The van der Waals surface area contributed by atoms with Crippen molar-refractivity contribution in [3.8, 4) is 0 Å². The van der Waals surface area contributed by atoms with Crippen LogP contribution < -0.4 is 11.1 Å². The minimum absolute atomic E-state index is 0.155. The molecule has 2 aromatic carbocycles. The Kier molecular flexibility index (Phi) is 7.86. The minimum Gasteiger partial charge on any atom is -0.399 e. The van der Waals surface area contributed by atoms with Gasteiger partial charge in [-0.15, -0.1) is 4.91 Å². The fourth-order valence-corrected chi connectivity index (χ4v) is 3.99. The summed E-state index contributed by atoms with van der Waals surface area (Å²) in [5.74, 6) is -1.48. The van der Waals surface area contributed by atoms with Crippen molar-refractivity contribution in [3.63, 3.8) is 0 Å². The third-order valence-corrected chi connectivity index (χ3v) is 5.69. The molecule has 1 amide bonds. The number of nitrogen functional groups attached to an aromatic ring is 1. The van der Waals surface area contributed by atoms with Crippen molar-refractivity contribution in [2.75, 3.05) is 18.0 Å². The van der Waals surface area contributed by atoms with Crippen molar-refractivity contribution in [3.05, 3.63) is 64.6 Å². The minimum atomic E-state index is -1.23. The molecule has 5 nitrogen and oxygen atoms in total. The van der Waals surface area contributed by atoms with Crippen LogP contribution in [0.5, 0.6) is 0 Å². The zero-order valence-electron chi connectivity index (χ0n) is 13.7. The van der Waals surface area contributed by atoms with Crippen LogP contribution in [-0.2, 0) is 11.2 Å². The van der Waals surface area contributed by atoms with Gasteiger partial charge in [-0.2, -0.15) is 0 Å². The lowest BCUT2D eigenvalue weighted by atomic mass is 10.1. The van der Waals surface area contributed by atoms with Gasteiger partial charge in [0.25, 0.3) is 0 Å². The van der Waals surface area contributed by atoms with E-state index in [1.165, 1.54) is 10.8 Å². The van der Waals surface area contributed by atoms with Crippen molar-refractivity contribution in [2.45, 2.75) is 17.4 Å². The van der Waals surface area contributed by atoms with Gasteiger partial charge >= 0.3 is 0 Å². The molecule has 0 heterocycles. The molecule has 1 atom stereocenters. The molecule has 0 bridgehead atoms. The highest BCUT2D eigenvalue weighted by Gasteiger charge is 2.20. The lowest BCUT2D eigenvalue weighted by molar-refractivity contribution is -0.122. The molecule has 9 heteroatoms. The van der Waals surface area contributed by atoms with E-state index in [0.29, 0.717) is 18.0 Å². The molecule has 0 aromatic heterocycles. The quantitative estimate of drug-likeness (QED) is 0.291. The summed E-state index contributed by atoms with van der Waals surface area (Å²) in [5.41, 5.74) is 6.51. The Labute approximate surface area is 157 Å². The smallest absolute Gasteiger partial charge is 0.248 e. The van der Waals surface area contributed by atoms with E-state index in [1.54, 1.807) is 22.9 Å². The van der Waals surface area contributed by atoms with Crippen LogP contribution in [0.2, 0.25) is 0 Å². The number of nitrogens with zero attached hydrogens (tertiary/aromatic N) is 1. The number of carbonyl (C=O) groups is 1. The number of hydrogen-bond donors (Lipinski definition) is 2. The summed E-state index contributed by atoms with van der Waals surface area (Å²) in [6.45, 7) is 0.342. The normalized spacial score (nSPS) is 11.8. The number of nitrogens with two attached hydrogens (primary N) is 1. The average molecular weight is 397 g/mol. The van der Waals surface area contributed by atoms with Gasteiger partial charge in [-0.3, -0.25) is 4.79 Å². The van der Waals surface area contributed by atoms with Crippen molar-refractivity contribution < 1.29 is 13.6 Å². The van der Waals surface area contributed by atoms with E-state index in [-0.39, 0.29) is 12.0 Å². The summed E-state index contributed by atoms with van der Waals surface area (Å²) < 4.78 is 26.3. The molecule has 0 aliphatic carbocycles. The third kappa shape index (κ3) is 6.64. The second kappa shape index (κ2) is 10.1. The van der Waals surface area contributed by atoms with Gasteiger partial charge in [0.15, 0.2) is 6.04 Å². The maximum Gasteiger partial charge on any atom is 0.248 e. The SMILES string of the molecule is Nc1ccc(SSCCNC(=O)C(Cc2cc(F)cc(F)c2)N=O)cc1. The molecular formula is C17H17F2N3O2S2. The van der Waals surface area contributed by atoms with Crippen LogP contribution in [0.4, 0.5) is 14.5 Å². The van der Waals surface area contributed by atoms with Crippen LogP contribution >= 0.6 is 21.6 Å². The Morgan fingerprint density at radius 2 is 1.81 bits per heavy atom. The first kappa shape index (κ1) is 20.2. The van der Waals surface area contributed by atoms with Gasteiger partial charge in [0.2, 0.25) is 5.91 Å². The monoisotopic (exact) mass is 397 g/mol. The Balaban J connectivity index is 1.74. The van der Waals surface area contributed by atoms with E-state index in [9.17, 15) is 18.5 Å². The Hall–Kier alpha value is -2.13. The summed E-state index contributed by atoms with van der Waals surface area (Å²) in [7, 11) is 3.08. The summed E-state index contributed by atoms with van der Waals surface area (Å²) in [6, 6.07) is 9.06. The number of nitrogens with one attached hydrogen (secondary N) is 1. The fourth-order valence-electron chi connectivity index (χ4n) is 2.10. The molecule has 0 spiro atoms. The molecule has 0 fully saturated rings. The third-order valence-electron chi connectivity index (χ3n) is 3.30. The molecule has 138 valence electrons. The zero-order chi connectivity index (χ0) is 18.9. The maximum absolute atomic E-state index is 13.2. The van der Waals surface area contributed by atoms with E-state index in [4.69, 9.17) is 5.73 Å². The van der Waals surface area contributed by atoms with E-state index in [2.05, 4.69) is 10.5 Å². The molecule has 0 radical (unpaired) electrons. The second-order valence-corrected chi connectivity index (χ2v) is 7.86. The fraction of sp³-hybridized carbons (Fsp3) is 0.235. The summed E-state index contributed by atoms with van der Waals surface area (Å²) >= 11 is 0. The standard InChI is InChI=1S/C17H17F2N3O2S2/c18-12-7-11(8-13(19)10-12)9-16(22-24)17(23)21-5-6-25-26-15-3-1-14(20)2-4-15/h1-4,7-8,10,16H,5-6,9,20H2,(H,21,23). The van der Waals surface area contributed by atoms with E-state index < -0.39 is 23.6 Å². The molecule has 0 saturated carbocycles. The molecule has 0 aliphatic heterocycles. The molecule has 26 heavy (non-hydrogen) atoms. The second-order valence-electron chi connectivity index (χ2n) is 5.37. The Morgan fingerprint density at radius 3 is 2.42 bits per heavy atom. The number of rotatable bonds is 9. The first-order chi connectivity index (χ1) is 12.5. The summed E-state index contributed by atoms with van der Waals surface area (Å²) in [6.07, 6.45) is -0.155. The number of amides is 1. The number of halogens is 2. The first-order valence-electron chi connectivity index (χ1n) is 7.68. The number of anilines is 1. The molecule has 3 N–H and O–H groups in total. The van der Waals surface area contributed by atoms with Crippen LogP contribution in [-0.4, -0.2) is 24.2 Å². The summed E-state index contributed by atoms with van der Waals surface area (Å²) in [4.78, 5) is 23.9. The largest absolute Gasteiger partial charge is 0.399 e. The van der Waals surface area contributed by atoms with E-state index >= 15 is 0 Å². The molecular weight excluding hydrogens is 380 g/mol. The topological polar surface area (TPSA) is 84.5 Å². The van der Waals surface area contributed by atoms with Crippen LogP contribution in [0, 0.1) is 16.5 Å². The summed E-state index contributed by atoms with van der Waals surface area (Å²) in [5, 5.41) is 5.37. The van der Waals surface area contributed by atoms with Gasteiger partial charge in [-0.1, -0.05) is 26.8 Å². The highest BCUT2D eigenvalue weighted by atomic mass is 33.1. The van der Waals surface area contributed by atoms with E-state index in [1.807, 2.05) is 12.1 Å². The predicted molar refractivity (Wildman–Crippen MR) is 102 cm³/mol. The number of nitroso groups, excluding NO2 is 1. The number of hydrogen-bond acceptors (Lipinski definition) is 6. The molecule has 0 aliphatic rings. The Morgan fingerprint density at radius 1 is 1.15 bits per heavy atom. The average Bonchev–Trinajstić information content (AvgIpc) is 2.60. The number of benzene rings is 2. The molecule has 0 saturated heterocycles. The zero-order valence-corrected chi connectivity index (χ0v) is 15.3. The van der Waals surface area contributed by atoms with Crippen LogP contribution in [0.1, 0.15) is 5.56 Å². The first-order valence-corrected chi connectivity index (χ1v) is 10.00. The highest BCUT2D eigenvalue weighted by Crippen LogP contribution is 2.30. The van der Waals surface area contributed by atoms with Gasteiger partial charge in [0, 0.05) is 35.4 Å². The van der Waals surface area contributed by atoms with Crippen molar-refractivity contribution >= 4 is 33.2 Å². The van der Waals surface area contributed by atoms with Gasteiger partial charge in [-0.05, 0) is 42.0 Å². The van der Waals surface area contributed by atoms with Gasteiger partial charge in [0.1, 0.15) is 11.6 Å². The predicted octanol–water partition coefficient (Wildman–Crippen LogP) is 3.78. The van der Waals surface area contributed by atoms with Gasteiger partial charge in [-0.25, -0.2) is 8.78 Å². The van der Waals surface area contributed by atoms with E-state index in [0.717, 1.165) is 23.1 Å². The Bertz CT molecular complexity index is 740. The van der Waals surface area contributed by atoms with Crippen LogP contribution in [0.3, 0.4) is 0 Å². The highest BCUT2D eigenvalue weighted by molar-refractivity contribution is 8.76. The van der Waals surface area contributed by atoms with Gasteiger partial charge < -0.3 is 11.1 Å². The lowest BCUT2D eigenvalue weighted by Gasteiger charge is -2.10. The number of carbonyl (C=O) groups excluding carboxylic acids is 1. The molecule has 1 unspecified atom stereocenters. The van der Waals surface area contributed by atoms with Crippen molar-refractivity contribution in [1.82, 2.24) is 5.32 Å². The lowest BCUT2D eigenvalue weighted by Crippen LogP contribution is -2.35. The van der Waals surface area contributed by atoms with Crippen molar-refractivity contribution in [2.24, 2.45) is 5.18 Å². The van der Waals surface area contributed by atoms with Crippen molar-refractivity contribution in [1.29, 1.82) is 0 Å². The van der Waals surface area contributed by atoms with Gasteiger partial charge in [0.05, 0.1) is 0 Å². The maximum atomic E-state index is 13.2. The van der Waals surface area contributed by atoms with Crippen LogP contribution in [0.15, 0.2) is 52.5 Å². The molecule has 2 aromatic rings.